The molecule has 25 heavy (non-hydrogen) atoms. The molecule has 1 aliphatic heterocycles. The smallest absolute Gasteiger partial charge is 0.191 e. The average molecular weight is 372 g/mol. The van der Waals surface area contributed by atoms with Gasteiger partial charge >= 0.3 is 0 Å². The standard InChI is InChI=1S/C19H37N3O2S/c1-6-7-10-24-16-13-15(18(16,2)3)22-17(20-4)21-14-19(25-5)8-11-23-12-9-19/h15-16H,6-14H2,1-5H3,(H2,20,21,22). The Balaban J connectivity index is 1.80. The van der Waals surface area contributed by atoms with Gasteiger partial charge in [-0.3, -0.25) is 4.99 Å². The van der Waals surface area contributed by atoms with Crippen LogP contribution in [-0.4, -0.2) is 62.5 Å². The van der Waals surface area contributed by atoms with Gasteiger partial charge in [0.05, 0.1) is 6.10 Å². The lowest BCUT2D eigenvalue weighted by atomic mass is 9.64. The van der Waals surface area contributed by atoms with Crippen molar-refractivity contribution >= 4 is 17.7 Å². The molecule has 1 saturated carbocycles. The van der Waals surface area contributed by atoms with Crippen molar-refractivity contribution in [2.75, 3.05) is 39.7 Å². The first-order valence-electron chi connectivity index (χ1n) is 9.69. The summed E-state index contributed by atoms with van der Waals surface area (Å²) in [5, 5.41) is 7.17. The van der Waals surface area contributed by atoms with Gasteiger partial charge in [-0.25, -0.2) is 0 Å². The summed E-state index contributed by atoms with van der Waals surface area (Å²) in [5.41, 5.74) is 0.140. The van der Waals surface area contributed by atoms with E-state index in [4.69, 9.17) is 9.47 Å². The zero-order valence-corrected chi connectivity index (χ0v) is 17.5. The summed E-state index contributed by atoms with van der Waals surface area (Å²) >= 11 is 1.95. The Hall–Kier alpha value is -0.460. The molecule has 1 saturated heterocycles. The van der Waals surface area contributed by atoms with Crippen LogP contribution >= 0.6 is 11.8 Å². The summed E-state index contributed by atoms with van der Waals surface area (Å²) < 4.78 is 11.8. The third-order valence-corrected chi connectivity index (χ3v) is 7.36. The largest absolute Gasteiger partial charge is 0.381 e. The molecule has 1 aliphatic carbocycles. The van der Waals surface area contributed by atoms with Crippen LogP contribution in [0.15, 0.2) is 4.99 Å². The van der Waals surface area contributed by atoms with Crippen molar-refractivity contribution in [2.45, 2.75) is 69.8 Å². The predicted octanol–water partition coefficient (Wildman–Crippen LogP) is 3.05. The van der Waals surface area contributed by atoms with Crippen molar-refractivity contribution in [3.8, 4) is 0 Å². The molecule has 2 aliphatic rings. The third kappa shape index (κ3) is 5.27. The highest BCUT2D eigenvalue weighted by atomic mass is 32.2. The first-order valence-corrected chi connectivity index (χ1v) is 10.9. The van der Waals surface area contributed by atoms with Gasteiger partial charge in [0.15, 0.2) is 5.96 Å². The van der Waals surface area contributed by atoms with Gasteiger partial charge in [0, 0.05) is 49.6 Å². The lowest BCUT2D eigenvalue weighted by Crippen LogP contribution is -2.64. The van der Waals surface area contributed by atoms with E-state index in [0.717, 1.165) is 58.0 Å². The molecule has 146 valence electrons. The topological polar surface area (TPSA) is 54.9 Å². The van der Waals surface area contributed by atoms with Gasteiger partial charge < -0.3 is 20.1 Å². The number of nitrogens with zero attached hydrogens (tertiary/aromatic N) is 1. The maximum absolute atomic E-state index is 6.05. The molecule has 0 aromatic heterocycles. The fourth-order valence-electron chi connectivity index (χ4n) is 3.58. The van der Waals surface area contributed by atoms with Gasteiger partial charge in [-0.15, -0.1) is 0 Å². The minimum Gasteiger partial charge on any atom is -0.381 e. The van der Waals surface area contributed by atoms with E-state index in [1.807, 2.05) is 18.8 Å². The van der Waals surface area contributed by atoms with E-state index in [0.29, 0.717) is 12.1 Å². The summed E-state index contributed by atoms with van der Waals surface area (Å²) in [6, 6.07) is 0.408. The molecule has 2 N–H and O–H groups in total. The van der Waals surface area contributed by atoms with Crippen molar-refractivity contribution in [2.24, 2.45) is 10.4 Å². The Morgan fingerprint density at radius 3 is 2.60 bits per heavy atom. The molecule has 5 nitrogen and oxygen atoms in total. The first kappa shape index (κ1) is 20.8. The molecule has 2 atom stereocenters. The molecule has 2 fully saturated rings. The van der Waals surface area contributed by atoms with E-state index in [-0.39, 0.29) is 10.2 Å². The van der Waals surface area contributed by atoms with Crippen LogP contribution in [0.4, 0.5) is 0 Å². The first-order chi connectivity index (χ1) is 12.0. The summed E-state index contributed by atoms with van der Waals surface area (Å²) in [7, 11) is 1.85. The van der Waals surface area contributed by atoms with Crippen molar-refractivity contribution < 1.29 is 9.47 Å². The fourth-order valence-corrected chi connectivity index (χ4v) is 4.38. The van der Waals surface area contributed by atoms with E-state index >= 15 is 0 Å². The highest BCUT2D eigenvalue weighted by molar-refractivity contribution is 8.00. The van der Waals surface area contributed by atoms with Crippen LogP contribution in [0.3, 0.4) is 0 Å². The van der Waals surface area contributed by atoms with E-state index in [9.17, 15) is 0 Å². The van der Waals surface area contributed by atoms with E-state index < -0.39 is 0 Å². The maximum atomic E-state index is 6.05. The molecule has 0 aromatic rings. The molecule has 0 aromatic carbocycles. The van der Waals surface area contributed by atoms with Crippen LogP contribution < -0.4 is 10.6 Å². The molecular formula is C19H37N3O2S. The lowest BCUT2D eigenvalue weighted by Gasteiger charge is -2.52. The number of guanidine groups is 1. The summed E-state index contributed by atoms with van der Waals surface area (Å²) in [5.74, 6) is 0.907. The molecule has 1 heterocycles. The maximum Gasteiger partial charge on any atom is 0.191 e. The van der Waals surface area contributed by atoms with Gasteiger partial charge in [0.2, 0.25) is 0 Å². The summed E-state index contributed by atoms with van der Waals surface area (Å²) in [6.45, 7) is 10.3. The molecule has 0 amide bonds. The molecule has 2 unspecified atom stereocenters. The van der Waals surface area contributed by atoms with E-state index in [1.165, 1.54) is 6.42 Å². The Morgan fingerprint density at radius 2 is 2.04 bits per heavy atom. The summed E-state index contributed by atoms with van der Waals surface area (Å²) in [6.07, 6.45) is 8.14. The number of hydrogen-bond donors (Lipinski definition) is 2. The second-order valence-electron chi connectivity index (χ2n) is 7.89. The van der Waals surface area contributed by atoms with Crippen LogP contribution in [0, 0.1) is 5.41 Å². The number of hydrogen-bond acceptors (Lipinski definition) is 4. The third-order valence-electron chi connectivity index (χ3n) is 5.94. The number of ether oxygens (including phenoxy) is 2. The van der Waals surface area contributed by atoms with Crippen LogP contribution in [0.1, 0.15) is 52.9 Å². The Kier molecular flexibility index (Phi) is 7.90. The second-order valence-corrected chi connectivity index (χ2v) is 9.17. The molecule has 0 bridgehead atoms. The van der Waals surface area contributed by atoms with Crippen LogP contribution in [0.5, 0.6) is 0 Å². The normalized spacial score (nSPS) is 28.3. The molecule has 6 heteroatoms. The van der Waals surface area contributed by atoms with Crippen LogP contribution in [0.2, 0.25) is 0 Å². The summed E-state index contributed by atoms with van der Waals surface area (Å²) in [4.78, 5) is 4.44. The fraction of sp³-hybridized carbons (Fsp3) is 0.947. The van der Waals surface area contributed by atoms with Gasteiger partial charge in [-0.2, -0.15) is 11.8 Å². The van der Waals surface area contributed by atoms with Crippen molar-refractivity contribution in [3.63, 3.8) is 0 Å². The molecular weight excluding hydrogens is 334 g/mol. The van der Waals surface area contributed by atoms with Gasteiger partial charge in [0.1, 0.15) is 0 Å². The van der Waals surface area contributed by atoms with Crippen LogP contribution in [0.25, 0.3) is 0 Å². The van der Waals surface area contributed by atoms with Gasteiger partial charge in [0.25, 0.3) is 0 Å². The van der Waals surface area contributed by atoms with E-state index in [1.54, 1.807) is 0 Å². The number of rotatable bonds is 8. The molecule has 0 radical (unpaired) electrons. The predicted molar refractivity (Wildman–Crippen MR) is 108 cm³/mol. The number of aliphatic imine (C=N–C) groups is 1. The monoisotopic (exact) mass is 371 g/mol. The van der Waals surface area contributed by atoms with Crippen molar-refractivity contribution in [3.05, 3.63) is 0 Å². The van der Waals surface area contributed by atoms with Crippen molar-refractivity contribution in [1.29, 1.82) is 0 Å². The SMILES string of the molecule is CCCCOC1CC(NC(=NC)NCC2(SC)CCOCC2)C1(C)C. The zero-order valence-electron chi connectivity index (χ0n) is 16.7. The van der Waals surface area contributed by atoms with Crippen molar-refractivity contribution in [1.82, 2.24) is 10.6 Å². The van der Waals surface area contributed by atoms with Crippen LogP contribution in [-0.2, 0) is 9.47 Å². The minimum atomic E-state index is 0.140. The molecule has 2 rings (SSSR count). The molecule has 0 spiro atoms. The van der Waals surface area contributed by atoms with Gasteiger partial charge in [-0.05, 0) is 31.9 Å². The minimum absolute atomic E-state index is 0.140. The number of unbranched alkanes of at least 4 members (excludes halogenated alkanes) is 1. The zero-order chi connectivity index (χ0) is 18.3. The average Bonchev–Trinajstić information content (AvgIpc) is 2.63. The highest BCUT2D eigenvalue weighted by Gasteiger charge is 2.49. The highest BCUT2D eigenvalue weighted by Crippen LogP contribution is 2.42. The Labute approximate surface area is 158 Å². The Bertz CT molecular complexity index is 436. The number of nitrogens with one attached hydrogen (secondary N) is 2. The second kappa shape index (κ2) is 9.47. The number of thioether (sulfide) groups is 1. The van der Waals surface area contributed by atoms with E-state index in [2.05, 4.69) is 42.7 Å². The Morgan fingerprint density at radius 1 is 1.32 bits per heavy atom. The quantitative estimate of drug-likeness (QED) is 0.390. The lowest BCUT2D eigenvalue weighted by molar-refractivity contribution is -0.113. The van der Waals surface area contributed by atoms with Gasteiger partial charge in [-0.1, -0.05) is 27.2 Å².